The van der Waals surface area contributed by atoms with Crippen LogP contribution in [0, 0.1) is 13.8 Å². The maximum atomic E-state index is 12.1. The van der Waals surface area contributed by atoms with Gasteiger partial charge in [-0.05, 0) is 26.0 Å². The van der Waals surface area contributed by atoms with Crippen LogP contribution >= 0.6 is 11.3 Å². The van der Waals surface area contributed by atoms with Gasteiger partial charge in [-0.3, -0.25) is 0 Å². The zero-order valence-corrected chi connectivity index (χ0v) is 10.6. The van der Waals surface area contributed by atoms with Crippen molar-refractivity contribution in [3.05, 3.63) is 40.2 Å². The summed E-state index contributed by atoms with van der Waals surface area (Å²) in [6.07, 6.45) is 0. The molecule has 2 aromatic rings. The largest absolute Gasteiger partial charge is 0.230 e. The summed E-state index contributed by atoms with van der Waals surface area (Å²) in [5, 5.41) is 2.47. The van der Waals surface area contributed by atoms with Crippen LogP contribution in [0.15, 0.2) is 39.6 Å². The lowest BCUT2D eigenvalue weighted by atomic mass is 10.2. The SMILES string of the molecule is Cc1ccc(S(=O)(=O)c2csc(C)n2)cc1. The van der Waals surface area contributed by atoms with Crippen molar-refractivity contribution in [1.29, 1.82) is 0 Å². The fourth-order valence-corrected chi connectivity index (χ4v) is 3.48. The van der Waals surface area contributed by atoms with E-state index in [1.165, 1.54) is 11.3 Å². The molecule has 3 nitrogen and oxygen atoms in total. The molecule has 84 valence electrons. The van der Waals surface area contributed by atoms with E-state index in [1.54, 1.807) is 36.6 Å². The first-order valence-electron chi connectivity index (χ1n) is 4.74. The van der Waals surface area contributed by atoms with E-state index < -0.39 is 9.84 Å². The predicted octanol–water partition coefficient (Wildman–Crippen LogP) is 2.59. The number of aromatic nitrogens is 1. The van der Waals surface area contributed by atoms with E-state index in [0.29, 0.717) is 4.90 Å². The summed E-state index contributed by atoms with van der Waals surface area (Å²) < 4.78 is 24.2. The van der Waals surface area contributed by atoms with E-state index in [1.807, 2.05) is 6.92 Å². The van der Waals surface area contributed by atoms with Crippen molar-refractivity contribution in [3.8, 4) is 0 Å². The fourth-order valence-electron chi connectivity index (χ4n) is 1.31. The lowest BCUT2D eigenvalue weighted by molar-refractivity contribution is 0.593. The minimum Gasteiger partial charge on any atom is -0.230 e. The Hall–Kier alpha value is -1.20. The van der Waals surface area contributed by atoms with E-state index in [9.17, 15) is 8.42 Å². The van der Waals surface area contributed by atoms with Crippen LogP contribution in [0.2, 0.25) is 0 Å². The maximum absolute atomic E-state index is 12.1. The Bertz CT molecular complexity index is 597. The lowest BCUT2D eigenvalue weighted by Crippen LogP contribution is -2.02. The van der Waals surface area contributed by atoms with Crippen LogP contribution in [0.3, 0.4) is 0 Å². The molecule has 0 saturated heterocycles. The second kappa shape index (κ2) is 3.99. The zero-order chi connectivity index (χ0) is 11.8. The van der Waals surface area contributed by atoms with Crippen molar-refractivity contribution in [2.75, 3.05) is 0 Å². The van der Waals surface area contributed by atoms with Gasteiger partial charge in [0.05, 0.1) is 9.90 Å². The summed E-state index contributed by atoms with van der Waals surface area (Å²) in [5.74, 6) is 0. The van der Waals surface area contributed by atoms with Gasteiger partial charge in [0.2, 0.25) is 9.84 Å². The molecule has 1 aromatic carbocycles. The molecule has 0 aliphatic carbocycles. The summed E-state index contributed by atoms with van der Waals surface area (Å²) in [7, 11) is -3.44. The van der Waals surface area contributed by atoms with Gasteiger partial charge in [0, 0.05) is 5.38 Å². The van der Waals surface area contributed by atoms with E-state index >= 15 is 0 Å². The number of aryl methyl sites for hydroxylation is 2. The molecule has 0 saturated carbocycles. The molecule has 0 aliphatic rings. The molecule has 0 atom stereocenters. The summed E-state index contributed by atoms with van der Waals surface area (Å²) in [4.78, 5) is 4.31. The minimum atomic E-state index is -3.44. The van der Waals surface area contributed by atoms with E-state index in [4.69, 9.17) is 0 Å². The third-order valence-electron chi connectivity index (χ3n) is 2.20. The quantitative estimate of drug-likeness (QED) is 0.826. The number of rotatable bonds is 2. The minimum absolute atomic E-state index is 0.138. The molecule has 0 aliphatic heterocycles. The Kier molecular flexibility index (Phi) is 2.82. The monoisotopic (exact) mass is 253 g/mol. The molecule has 0 bridgehead atoms. The number of thiazole rings is 1. The summed E-state index contributed by atoms with van der Waals surface area (Å²) >= 11 is 1.34. The number of sulfone groups is 1. The third-order valence-corrected chi connectivity index (χ3v) is 4.78. The molecule has 5 heteroatoms. The van der Waals surface area contributed by atoms with E-state index in [-0.39, 0.29) is 5.03 Å². The third kappa shape index (κ3) is 2.01. The maximum Gasteiger partial charge on any atom is 0.224 e. The molecule has 2 rings (SSSR count). The van der Waals surface area contributed by atoms with E-state index in [0.717, 1.165) is 10.6 Å². The van der Waals surface area contributed by atoms with Crippen molar-refractivity contribution in [3.63, 3.8) is 0 Å². The second-order valence-corrected chi connectivity index (χ2v) is 6.48. The van der Waals surface area contributed by atoms with Crippen molar-refractivity contribution in [2.45, 2.75) is 23.8 Å². The first-order chi connectivity index (χ1) is 7.50. The smallest absolute Gasteiger partial charge is 0.224 e. The van der Waals surface area contributed by atoms with Crippen LogP contribution in [-0.4, -0.2) is 13.4 Å². The molecule has 1 heterocycles. The van der Waals surface area contributed by atoms with Crippen molar-refractivity contribution in [1.82, 2.24) is 4.98 Å². The molecule has 0 radical (unpaired) electrons. The molecular formula is C11H11NO2S2. The average Bonchev–Trinajstić information content (AvgIpc) is 2.66. The Labute approximate surface area is 98.7 Å². The lowest BCUT2D eigenvalue weighted by Gasteiger charge is -2.01. The highest BCUT2D eigenvalue weighted by molar-refractivity contribution is 7.91. The summed E-state index contributed by atoms with van der Waals surface area (Å²) in [6.45, 7) is 3.71. The average molecular weight is 253 g/mol. The second-order valence-electron chi connectivity index (χ2n) is 3.52. The van der Waals surface area contributed by atoms with Crippen LogP contribution in [0.4, 0.5) is 0 Å². The first-order valence-corrected chi connectivity index (χ1v) is 7.10. The highest BCUT2D eigenvalue weighted by atomic mass is 32.2. The van der Waals surface area contributed by atoms with Crippen LogP contribution < -0.4 is 0 Å². The molecule has 1 aromatic heterocycles. The number of hydrogen-bond acceptors (Lipinski definition) is 4. The van der Waals surface area contributed by atoms with Crippen molar-refractivity contribution >= 4 is 21.2 Å². The van der Waals surface area contributed by atoms with Gasteiger partial charge < -0.3 is 0 Å². The van der Waals surface area contributed by atoms with Gasteiger partial charge in [0.1, 0.15) is 0 Å². The fraction of sp³-hybridized carbons (Fsp3) is 0.182. The number of benzene rings is 1. The molecule has 0 unspecified atom stereocenters. The van der Waals surface area contributed by atoms with Crippen LogP contribution in [0.5, 0.6) is 0 Å². The molecule has 16 heavy (non-hydrogen) atoms. The van der Waals surface area contributed by atoms with Crippen LogP contribution in [0.25, 0.3) is 0 Å². The number of nitrogens with zero attached hydrogens (tertiary/aromatic N) is 1. The van der Waals surface area contributed by atoms with Gasteiger partial charge in [0.15, 0.2) is 5.03 Å². The first kappa shape index (κ1) is 11.3. The number of hydrogen-bond donors (Lipinski definition) is 0. The predicted molar refractivity (Wildman–Crippen MR) is 63.5 cm³/mol. The Balaban J connectivity index is 2.51. The van der Waals surface area contributed by atoms with Gasteiger partial charge in [0.25, 0.3) is 0 Å². The topological polar surface area (TPSA) is 47.0 Å². The van der Waals surface area contributed by atoms with Gasteiger partial charge >= 0.3 is 0 Å². The van der Waals surface area contributed by atoms with E-state index in [2.05, 4.69) is 4.98 Å². The van der Waals surface area contributed by atoms with Gasteiger partial charge in [-0.1, -0.05) is 17.7 Å². The van der Waals surface area contributed by atoms with Crippen LogP contribution in [-0.2, 0) is 9.84 Å². The Morgan fingerprint density at radius 2 is 1.75 bits per heavy atom. The summed E-state index contributed by atoms with van der Waals surface area (Å²) in [5.41, 5.74) is 1.04. The molecule has 0 amide bonds. The van der Waals surface area contributed by atoms with Crippen LogP contribution in [0.1, 0.15) is 10.6 Å². The van der Waals surface area contributed by atoms with Gasteiger partial charge in [-0.15, -0.1) is 11.3 Å². The highest BCUT2D eigenvalue weighted by Gasteiger charge is 2.19. The zero-order valence-electron chi connectivity index (χ0n) is 8.97. The Morgan fingerprint density at radius 3 is 2.25 bits per heavy atom. The molecule has 0 N–H and O–H groups in total. The van der Waals surface area contributed by atoms with Gasteiger partial charge in [-0.25, -0.2) is 13.4 Å². The Morgan fingerprint density at radius 1 is 1.12 bits per heavy atom. The standard InChI is InChI=1S/C11H11NO2S2/c1-8-3-5-10(6-4-8)16(13,14)11-7-15-9(2)12-11/h3-7H,1-2H3. The molecule has 0 spiro atoms. The summed E-state index contributed by atoms with van der Waals surface area (Å²) in [6, 6.07) is 6.79. The molecule has 0 fully saturated rings. The normalized spacial score (nSPS) is 11.6. The highest BCUT2D eigenvalue weighted by Crippen LogP contribution is 2.22. The van der Waals surface area contributed by atoms with Gasteiger partial charge in [-0.2, -0.15) is 0 Å². The molecular weight excluding hydrogens is 242 g/mol. The van der Waals surface area contributed by atoms with Crippen molar-refractivity contribution < 1.29 is 8.42 Å². The van der Waals surface area contributed by atoms with Crippen molar-refractivity contribution in [2.24, 2.45) is 0 Å².